The summed E-state index contributed by atoms with van der Waals surface area (Å²) in [6.45, 7) is 1.91. The number of likely N-dealkylation sites (tertiary alicyclic amines) is 1. The van der Waals surface area contributed by atoms with Crippen LogP contribution in [0.3, 0.4) is 0 Å². The molecular formula is C9H15N5O2. The molecule has 0 bridgehead atoms. The predicted octanol–water partition coefficient (Wildman–Crippen LogP) is -0.524. The maximum Gasteiger partial charge on any atom is 0.277 e. The zero-order valence-corrected chi connectivity index (χ0v) is 9.14. The first-order valence-corrected chi connectivity index (χ1v) is 5.24. The van der Waals surface area contributed by atoms with Crippen LogP contribution in [0.1, 0.15) is 23.3 Å². The molecule has 1 fully saturated rings. The number of aromatic nitrogens is 2. The lowest BCUT2D eigenvalue weighted by Gasteiger charge is -2.29. The number of carbonyl (C=O) groups excluding carboxylic acids is 1. The summed E-state index contributed by atoms with van der Waals surface area (Å²) >= 11 is 0. The zero-order valence-electron chi connectivity index (χ0n) is 9.14. The number of rotatable bonds is 2. The molecule has 3 N–H and O–H groups in total. The highest BCUT2D eigenvalue weighted by Gasteiger charge is 2.22. The van der Waals surface area contributed by atoms with Gasteiger partial charge < -0.3 is 16.0 Å². The Balaban J connectivity index is 1.95. The van der Waals surface area contributed by atoms with E-state index in [2.05, 4.69) is 25.2 Å². The van der Waals surface area contributed by atoms with Crippen LogP contribution in [0, 0.1) is 0 Å². The van der Waals surface area contributed by atoms with Crippen molar-refractivity contribution in [3.63, 3.8) is 0 Å². The van der Waals surface area contributed by atoms with Gasteiger partial charge in [0.2, 0.25) is 11.5 Å². The Hall–Kier alpha value is -1.63. The summed E-state index contributed by atoms with van der Waals surface area (Å²) in [5.41, 5.74) is 5.50. The van der Waals surface area contributed by atoms with E-state index in [1.807, 2.05) is 7.05 Å². The van der Waals surface area contributed by atoms with Crippen molar-refractivity contribution in [1.29, 1.82) is 0 Å². The number of nitrogens with two attached hydrogens (primary N) is 1. The lowest BCUT2D eigenvalue weighted by molar-refractivity contribution is 0.0903. The van der Waals surface area contributed by atoms with Crippen LogP contribution in [0.2, 0.25) is 0 Å². The van der Waals surface area contributed by atoms with Gasteiger partial charge in [-0.1, -0.05) is 0 Å². The average molecular weight is 225 g/mol. The number of piperidine rings is 1. The van der Waals surface area contributed by atoms with Crippen molar-refractivity contribution >= 4 is 11.7 Å². The number of carbonyl (C=O) groups is 1. The molecule has 0 saturated carbocycles. The van der Waals surface area contributed by atoms with Crippen molar-refractivity contribution in [2.45, 2.75) is 18.9 Å². The molecule has 88 valence electrons. The van der Waals surface area contributed by atoms with E-state index in [1.54, 1.807) is 0 Å². The van der Waals surface area contributed by atoms with Crippen LogP contribution in [0.25, 0.3) is 0 Å². The summed E-state index contributed by atoms with van der Waals surface area (Å²) in [5, 5.41) is 9.70. The highest BCUT2D eigenvalue weighted by molar-refractivity contribution is 5.96. The number of nitrogens with zero attached hydrogens (tertiary/aromatic N) is 3. The number of nitrogens with one attached hydrogen (secondary N) is 1. The second-order valence-corrected chi connectivity index (χ2v) is 4.07. The SMILES string of the molecule is CN1CCCC(NC(=O)c2nonc2N)C1. The summed E-state index contributed by atoms with van der Waals surface area (Å²) in [5.74, 6) is -0.291. The molecule has 0 aliphatic carbocycles. The standard InChI is InChI=1S/C9H15N5O2/c1-14-4-2-3-6(5-14)11-9(15)7-8(10)13-16-12-7/h6H,2-5H2,1H3,(H2,10,13)(H,11,15). The van der Waals surface area contributed by atoms with Crippen LogP contribution in [0.15, 0.2) is 4.63 Å². The van der Waals surface area contributed by atoms with Crippen LogP contribution in [0.5, 0.6) is 0 Å². The van der Waals surface area contributed by atoms with E-state index in [0.717, 1.165) is 25.9 Å². The Labute approximate surface area is 92.9 Å². The van der Waals surface area contributed by atoms with E-state index < -0.39 is 0 Å². The molecule has 0 spiro atoms. The summed E-state index contributed by atoms with van der Waals surface area (Å²) in [6, 6.07) is 0.141. The third-order valence-electron chi connectivity index (χ3n) is 2.69. The monoisotopic (exact) mass is 225 g/mol. The zero-order chi connectivity index (χ0) is 11.5. The van der Waals surface area contributed by atoms with Gasteiger partial charge in [0.1, 0.15) is 0 Å². The quantitative estimate of drug-likeness (QED) is 0.702. The van der Waals surface area contributed by atoms with Crippen molar-refractivity contribution in [3.8, 4) is 0 Å². The first kappa shape index (κ1) is 10.9. The molecule has 1 aliphatic heterocycles. The first-order valence-electron chi connectivity index (χ1n) is 5.24. The third-order valence-corrected chi connectivity index (χ3v) is 2.69. The Morgan fingerprint density at radius 2 is 2.44 bits per heavy atom. The molecule has 1 saturated heterocycles. The fraction of sp³-hybridized carbons (Fsp3) is 0.667. The molecule has 2 rings (SSSR count). The number of likely N-dealkylation sites (N-methyl/N-ethyl adjacent to an activating group) is 1. The summed E-state index contributed by atoms with van der Waals surface area (Å²) in [7, 11) is 2.03. The third kappa shape index (κ3) is 2.30. The van der Waals surface area contributed by atoms with Gasteiger partial charge in [-0.2, -0.15) is 0 Å². The number of nitrogen functional groups attached to an aromatic ring is 1. The highest BCUT2D eigenvalue weighted by atomic mass is 16.6. The van der Waals surface area contributed by atoms with Crippen molar-refractivity contribution < 1.29 is 9.42 Å². The van der Waals surface area contributed by atoms with Gasteiger partial charge in [-0.05, 0) is 36.7 Å². The predicted molar refractivity (Wildman–Crippen MR) is 56.7 cm³/mol. The number of hydrogen-bond acceptors (Lipinski definition) is 6. The van der Waals surface area contributed by atoms with Gasteiger partial charge in [0.15, 0.2) is 0 Å². The van der Waals surface area contributed by atoms with E-state index in [4.69, 9.17) is 5.73 Å². The fourth-order valence-electron chi connectivity index (χ4n) is 1.89. The minimum Gasteiger partial charge on any atom is -0.379 e. The first-order chi connectivity index (χ1) is 7.66. The molecule has 1 aromatic heterocycles. The van der Waals surface area contributed by atoms with Gasteiger partial charge in [-0.3, -0.25) is 4.79 Å². The van der Waals surface area contributed by atoms with Gasteiger partial charge in [0, 0.05) is 12.6 Å². The molecule has 2 heterocycles. The van der Waals surface area contributed by atoms with Crippen LogP contribution >= 0.6 is 0 Å². The molecule has 16 heavy (non-hydrogen) atoms. The van der Waals surface area contributed by atoms with Crippen LogP contribution in [0.4, 0.5) is 5.82 Å². The lowest BCUT2D eigenvalue weighted by Crippen LogP contribution is -2.46. The highest BCUT2D eigenvalue weighted by Crippen LogP contribution is 2.10. The van der Waals surface area contributed by atoms with Gasteiger partial charge in [-0.15, -0.1) is 0 Å². The maximum atomic E-state index is 11.7. The molecule has 1 amide bonds. The number of anilines is 1. The van der Waals surface area contributed by atoms with Gasteiger partial charge in [-0.25, -0.2) is 4.63 Å². The number of hydrogen-bond donors (Lipinski definition) is 2. The molecular weight excluding hydrogens is 210 g/mol. The van der Waals surface area contributed by atoms with E-state index in [9.17, 15) is 4.79 Å². The molecule has 1 aromatic rings. The van der Waals surface area contributed by atoms with Crippen LogP contribution < -0.4 is 11.1 Å². The number of amides is 1. The normalized spacial score (nSPS) is 21.9. The van der Waals surface area contributed by atoms with Gasteiger partial charge >= 0.3 is 0 Å². The summed E-state index contributed by atoms with van der Waals surface area (Å²) in [4.78, 5) is 13.9. The second kappa shape index (κ2) is 4.48. The van der Waals surface area contributed by atoms with E-state index >= 15 is 0 Å². The Bertz CT molecular complexity index is 378. The van der Waals surface area contributed by atoms with Crippen molar-refractivity contribution in [2.24, 2.45) is 0 Å². The van der Waals surface area contributed by atoms with Gasteiger partial charge in [0.05, 0.1) is 0 Å². The maximum absolute atomic E-state index is 11.7. The van der Waals surface area contributed by atoms with Crippen LogP contribution in [-0.4, -0.2) is 47.3 Å². The molecule has 7 nitrogen and oxygen atoms in total. The smallest absolute Gasteiger partial charge is 0.277 e. The minimum absolute atomic E-state index is 0.0293. The Kier molecular flexibility index (Phi) is 3.04. The van der Waals surface area contributed by atoms with Crippen molar-refractivity contribution in [3.05, 3.63) is 5.69 Å². The molecule has 1 unspecified atom stereocenters. The molecule has 0 aromatic carbocycles. The Morgan fingerprint density at radius 3 is 3.06 bits per heavy atom. The summed E-state index contributed by atoms with van der Waals surface area (Å²) in [6.07, 6.45) is 2.05. The minimum atomic E-state index is -0.320. The molecule has 7 heteroatoms. The summed E-state index contributed by atoms with van der Waals surface area (Å²) < 4.78 is 4.38. The fourth-order valence-corrected chi connectivity index (χ4v) is 1.89. The second-order valence-electron chi connectivity index (χ2n) is 4.07. The van der Waals surface area contributed by atoms with E-state index in [1.165, 1.54) is 0 Å². The molecule has 1 atom stereocenters. The van der Waals surface area contributed by atoms with E-state index in [-0.39, 0.29) is 23.5 Å². The van der Waals surface area contributed by atoms with Crippen molar-refractivity contribution in [2.75, 3.05) is 25.9 Å². The average Bonchev–Trinajstić information content (AvgIpc) is 2.64. The lowest BCUT2D eigenvalue weighted by atomic mass is 10.1. The Morgan fingerprint density at radius 1 is 1.62 bits per heavy atom. The van der Waals surface area contributed by atoms with Crippen molar-refractivity contribution in [1.82, 2.24) is 20.5 Å². The molecule has 1 aliphatic rings. The van der Waals surface area contributed by atoms with Crippen LogP contribution in [-0.2, 0) is 0 Å². The molecule has 0 radical (unpaired) electrons. The largest absolute Gasteiger partial charge is 0.379 e. The van der Waals surface area contributed by atoms with Gasteiger partial charge in [0.25, 0.3) is 5.91 Å². The topological polar surface area (TPSA) is 97.3 Å². The van der Waals surface area contributed by atoms with E-state index in [0.29, 0.717) is 0 Å².